The molecule has 0 unspecified atom stereocenters. The number of carbonyl (C=O) groups excluding carboxylic acids is 2. The van der Waals surface area contributed by atoms with Gasteiger partial charge in [-0.3, -0.25) is 19.7 Å². The van der Waals surface area contributed by atoms with E-state index in [1.807, 2.05) is 0 Å². The number of amides is 2. The average Bonchev–Trinajstić information content (AvgIpc) is 2.91. The standard InChI is InChI=1S/C26H24N4O6/c1-17(20-10-7-11-21(16-20)30(33)34)28-29-26(32)22(27-25(31)19-8-5-4-6-9-19)14-18-12-13-23(35-2)24(15-18)36-3/h4-16H,1-3H3,(H,27,31)(H,29,32). The van der Waals surface area contributed by atoms with E-state index in [2.05, 4.69) is 15.8 Å². The summed E-state index contributed by atoms with van der Waals surface area (Å²) < 4.78 is 10.6. The van der Waals surface area contributed by atoms with Crippen LogP contribution >= 0.6 is 0 Å². The summed E-state index contributed by atoms with van der Waals surface area (Å²) in [6, 6.07) is 19.3. The van der Waals surface area contributed by atoms with Gasteiger partial charge in [0, 0.05) is 23.3 Å². The lowest BCUT2D eigenvalue weighted by Crippen LogP contribution is -2.33. The van der Waals surface area contributed by atoms with Gasteiger partial charge in [-0.05, 0) is 42.8 Å². The third kappa shape index (κ3) is 6.54. The number of nitrogens with one attached hydrogen (secondary N) is 2. The van der Waals surface area contributed by atoms with Gasteiger partial charge < -0.3 is 14.8 Å². The van der Waals surface area contributed by atoms with Crippen LogP contribution in [-0.2, 0) is 4.79 Å². The van der Waals surface area contributed by atoms with E-state index in [1.54, 1.807) is 61.5 Å². The minimum absolute atomic E-state index is 0.0772. The minimum Gasteiger partial charge on any atom is -0.493 e. The molecular weight excluding hydrogens is 464 g/mol. The van der Waals surface area contributed by atoms with Crippen molar-refractivity contribution in [1.29, 1.82) is 0 Å². The van der Waals surface area contributed by atoms with E-state index in [9.17, 15) is 19.7 Å². The molecule has 0 saturated heterocycles. The first-order chi connectivity index (χ1) is 17.3. The Labute approximate surface area is 207 Å². The number of non-ortho nitro benzene ring substituents is 1. The van der Waals surface area contributed by atoms with Crippen LogP contribution in [0.15, 0.2) is 83.6 Å². The Morgan fingerprint density at radius 1 is 0.917 bits per heavy atom. The van der Waals surface area contributed by atoms with Gasteiger partial charge in [0.1, 0.15) is 5.70 Å². The van der Waals surface area contributed by atoms with E-state index in [-0.39, 0.29) is 11.4 Å². The van der Waals surface area contributed by atoms with Crippen molar-refractivity contribution in [1.82, 2.24) is 10.7 Å². The molecule has 0 aliphatic carbocycles. The molecule has 10 heteroatoms. The first-order valence-electron chi connectivity index (χ1n) is 10.7. The molecule has 0 aliphatic rings. The molecule has 3 aromatic carbocycles. The average molecular weight is 489 g/mol. The number of benzene rings is 3. The smallest absolute Gasteiger partial charge is 0.287 e. The highest BCUT2D eigenvalue weighted by molar-refractivity contribution is 6.06. The molecule has 0 saturated carbocycles. The van der Waals surface area contributed by atoms with Crippen LogP contribution in [0.5, 0.6) is 11.5 Å². The van der Waals surface area contributed by atoms with Gasteiger partial charge in [-0.15, -0.1) is 0 Å². The zero-order chi connectivity index (χ0) is 26.1. The van der Waals surface area contributed by atoms with Crippen molar-refractivity contribution in [3.8, 4) is 11.5 Å². The Kier molecular flexibility index (Phi) is 8.49. The van der Waals surface area contributed by atoms with Crippen molar-refractivity contribution in [2.24, 2.45) is 5.10 Å². The highest BCUT2D eigenvalue weighted by Crippen LogP contribution is 2.28. The molecule has 2 N–H and O–H groups in total. The van der Waals surface area contributed by atoms with Gasteiger partial charge in [0.05, 0.1) is 24.9 Å². The second kappa shape index (κ2) is 11.9. The summed E-state index contributed by atoms with van der Waals surface area (Å²) in [4.78, 5) is 36.3. The zero-order valence-electron chi connectivity index (χ0n) is 19.8. The van der Waals surface area contributed by atoms with Gasteiger partial charge in [-0.1, -0.05) is 36.4 Å². The van der Waals surface area contributed by atoms with Crippen molar-refractivity contribution in [2.45, 2.75) is 6.92 Å². The van der Waals surface area contributed by atoms with E-state index in [0.29, 0.717) is 33.9 Å². The molecule has 10 nitrogen and oxygen atoms in total. The molecule has 0 bridgehead atoms. The van der Waals surface area contributed by atoms with Crippen molar-refractivity contribution >= 4 is 29.3 Å². The first-order valence-corrected chi connectivity index (χ1v) is 10.7. The van der Waals surface area contributed by atoms with Crippen LogP contribution in [0.4, 0.5) is 5.69 Å². The number of rotatable bonds is 9. The predicted octanol–water partition coefficient (Wildman–Crippen LogP) is 3.92. The van der Waals surface area contributed by atoms with Crippen molar-refractivity contribution in [3.05, 3.63) is 105 Å². The Balaban J connectivity index is 1.91. The van der Waals surface area contributed by atoms with Crippen LogP contribution < -0.4 is 20.2 Å². The Bertz CT molecular complexity index is 1340. The summed E-state index contributed by atoms with van der Waals surface area (Å²) in [5, 5.41) is 17.7. The highest BCUT2D eigenvalue weighted by atomic mass is 16.6. The topological polar surface area (TPSA) is 132 Å². The molecule has 3 rings (SSSR count). The van der Waals surface area contributed by atoms with Crippen molar-refractivity contribution < 1.29 is 24.0 Å². The number of methoxy groups -OCH3 is 2. The molecule has 3 aromatic rings. The normalized spacial score (nSPS) is 11.4. The largest absolute Gasteiger partial charge is 0.493 e. The lowest BCUT2D eigenvalue weighted by Gasteiger charge is -2.11. The second-order valence-electron chi connectivity index (χ2n) is 7.44. The van der Waals surface area contributed by atoms with Gasteiger partial charge in [-0.2, -0.15) is 5.10 Å². The summed E-state index contributed by atoms with van der Waals surface area (Å²) >= 11 is 0. The number of ether oxygens (including phenoxy) is 2. The van der Waals surface area contributed by atoms with Crippen LogP contribution in [-0.4, -0.2) is 36.7 Å². The Morgan fingerprint density at radius 3 is 2.28 bits per heavy atom. The monoisotopic (exact) mass is 488 g/mol. The van der Waals surface area contributed by atoms with Gasteiger partial charge >= 0.3 is 0 Å². The van der Waals surface area contributed by atoms with Crippen LogP contribution in [0.25, 0.3) is 6.08 Å². The fraction of sp³-hybridized carbons (Fsp3) is 0.115. The maximum absolute atomic E-state index is 13.0. The summed E-state index contributed by atoms with van der Waals surface area (Å²) in [7, 11) is 3.00. The molecule has 0 radical (unpaired) electrons. The zero-order valence-corrected chi connectivity index (χ0v) is 19.8. The van der Waals surface area contributed by atoms with Crippen molar-refractivity contribution in [3.63, 3.8) is 0 Å². The second-order valence-corrected chi connectivity index (χ2v) is 7.44. The van der Waals surface area contributed by atoms with Crippen LogP contribution in [0, 0.1) is 10.1 Å². The summed E-state index contributed by atoms with van der Waals surface area (Å²) in [5.41, 5.74) is 3.94. The SMILES string of the molecule is COc1ccc(C=C(NC(=O)c2ccccc2)C(=O)NN=C(C)c2cccc([N+](=O)[O-])c2)cc1OC. The number of nitrogens with zero attached hydrogens (tertiary/aromatic N) is 2. The van der Waals surface area contributed by atoms with E-state index in [4.69, 9.17) is 9.47 Å². The third-order valence-corrected chi connectivity index (χ3v) is 5.05. The van der Waals surface area contributed by atoms with Crippen LogP contribution in [0.2, 0.25) is 0 Å². The van der Waals surface area contributed by atoms with Crippen LogP contribution in [0.1, 0.15) is 28.4 Å². The summed E-state index contributed by atoms with van der Waals surface area (Å²) in [6.07, 6.45) is 1.47. The van der Waals surface area contributed by atoms with E-state index in [0.717, 1.165) is 0 Å². The third-order valence-electron chi connectivity index (χ3n) is 5.05. The predicted molar refractivity (Wildman–Crippen MR) is 135 cm³/mol. The lowest BCUT2D eigenvalue weighted by molar-refractivity contribution is -0.384. The molecule has 36 heavy (non-hydrogen) atoms. The number of hydrazone groups is 1. The van der Waals surface area contributed by atoms with E-state index in [1.165, 1.54) is 38.5 Å². The molecule has 2 amide bonds. The molecule has 0 atom stereocenters. The van der Waals surface area contributed by atoms with Crippen LogP contribution in [0.3, 0.4) is 0 Å². The number of hydrogen-bond donors (Lipinski definition) is 2. The number of nitro benzene ring substituents is 1. The van der Waals surface area contributed by atoms with Gasteiger partial charge in [0.15, 0.2) is 11.5 Å². The maximum atomic E-state index is 13.0. The molecule has 0 spiro atoms. The van der Waals surface area contributed by atoms with E-state index >= 15 is 0 Å². The number of nitro groups is 1. The number of carbonyl (C=O) groups is 2. The van der Waals surface area contributed by atoms with Gasteiger partial charge in [0.25, 0.3) is 17.5 Å². The Hall–Kier alpha value is -4.99. The fourth-order valence-corrected chi connectivity index (χ4v) is 3.16. The van der Waals surface area contributed by atoms with E-state index < -0.39 is 16.7 Å². The molecule has 0 aromatic heterocycles. The molecular formula is C26H24N4O6. The van der Waals surface area contributed by atoms with Crippen molar-refractivity contribution in [2.75, 3.05) is 14.2 Å². The lowest BCUT2D eigenvalue weighted by atomic mass is 10.1. The Morgan fingerprint density at radius 2 is 1.61 bits per heavy atom. The highest BCUT2D eigenvalue weighted by Gasteiger charge is 2.16. The molecule has 0 fully saturated rings. The van der Waals surface area contributed by atoms with Gasteiger partial charge in [-0.25, -0.2) is 5.43 Å². The fourth-order valence-electron chi connectivity index (χ4n) is 3.16. The minimum atomic E-state index is -0.696. The summed E-state index contributed by atoms with van der Waals surface area (Å²) in [5.74, 6) is -0.234. The van der Waals surface area contributed by atoms with Gasteiger partial charge in [0.2, 0.25) is 0 Å². The first kappa shape index (κ1) is 25.6. The quantitative estimate of drug-likeness (QED) is 0.203. The molecule has 0 aliphatic heterocycles. The molecule has 184 valence electrons. The maximum Gasteiger partial charge on any atom is 0.287 e. The molecule has 0 heterocycles. The summed E-state index contributed by atoms with van der Waals surface area (Å²) in [6.45, 7) is 1.60. The number of hydrogen-bond acceptors (Lipinski definition) is 7.